The molecule has 0 bridgehead atoms. The van der Waals surface area contributed by atoms with E-state index in [0.29, 0.717) is 30.9 Å². The van der Waals surface area contributed by atoms with E-state index in [-0.39, 0.29) is 6.61 Å². The first-order chi connectivity index (χ1) is 13.3. The minimum absolute atomic E-state index is 0.0141. The van der Waals surface area contributed by atoms with Crippen LogP contribution in [0.1, 0.15) is 46.1 Å². The predicted octanol–water partition coefficient (Wildman–Crippen LogP) is 5.26. The fourth-order valence-corrected chi connectivity index (χ4v) is 3.00. The molecule has 1 atom stereocenters. The Kier molecular flexibility index (Phi) is 6.88. The van der Waals surface area contributed by atoms with E-state index in [4.69, 9.17) is 4.74 Å². The summed E-state index contributed by atoms with van der Waals surface area (Å²) in [5.74, 6) is -5.15. The van der Waals surface area contributed by atoms with E-state index in [2.05, 4.69) is 11.3 Å². The van der Waals surface area contributed by atoms with Gasteiger partial charge in [-0.1, -0.05) is 32.4 Å². The number of halogens is 3. The van der Waals surface area contributed by atoms with Crippen molar-refractivity contribution in [3.05, 3.63) is 52.1 Å². The van der Waals surface area contributed by atoms with Gasteiger partial charge in [0.2, 0.25) is 5.43 Å². The van der Waals surface area contributed by atoms with Crippen molar-refractivity contribution in [2.45, 2.75) is 46.1 Å². The van der Waals surface area contributed by atoms with Crippen LogP contribution in [-0.4, -0.2) is 17.3 Å². The standard InChI is InChI=1S/C20H22F3NO4/c1-5-8-14(11(4)6-2)24-10-15(28-20(26)27-7-3)19(25)12-9-13(21)16(22)17(23)18(12)24/h9-10,14H,4-8H2,1-3H3. The number of hydrogen-bond acceptors (Lipinski definition) is 4. The summed E-state index contributed by atoms with van der Waals surface area (Å²) >= 11 is 0. The van der Waals surface area contributed by atoms with Crippen LogP contribution < -0.4 is 10.2 Å². The lowest BCUT2D eigenvalue weighted by Gasteiger charge is -2.25. The van der Waals surface area contributed by atoms with Gasteiger partial charge in [0, 0.05) is 0 Å². The topological polar surface area (TPSA) is 57.5 Å². The lowest BCUT2D eigenvalue weighted by Crippen LogP contribution is -2.22. The number of nitrogens with zero attached hydrogens (tertiary/aromatic N) is 1. The highest BCUT2D eigenvalue weighted by Gasteiger charge is 2.25. The summed E-state index contributed by atoms with van der Waals surface area (Å²) in [6, 6.07) is 0.0875. The van der Waals surface area contributed by atoms with Crippen LogP contribution >= 0.6 is 0 Å². The molecule has 0 saturated heterocycles. The molecular formula is C20H22F3NO4. The van der Waals surface area contributed by atoms with Gasteiger partial charge < -0.3 is 14.0 Å². The van der Waals surface area contributed by atoms with Crippen molar-refractivity contribution < 1.29 is 27.4 Å². The number of allylic oxidation sites excluding steroid dienone is 1. The van der Waals surface area contributed by atoms with Gasteiger partial charge >= 0.3 is 6.16 Å². The Morgan fingerprint density at radius 2 is 1.89 bits per heavy atom. The van der Waals surface area contributed by atoms with Crippen LogP contribution in [0.5, 0.6) is 5.75 Å². The average molecular weight is 397 g/mol. The van der Waals surface area contributed by atoms with Crippen LogP contribution in [0.15, 0.2) is 29.2 Å². The smallest absolute Gasteiger partial charge is 0.434 e. The molecule has 0 aliphatic carbocycles. The van der Waals surface area contributed by atoms with E-state index in [9.17, 15) is 22.8 Å². The van der Waals surface area contributed by atoms with Gasteiger partial charge in [-0.25, -0.2) is 18.0 Å². The Balaban J connectivity index is 2.86. The predicted molar refractivity (Wildman–Crippen MR) is 99.1 cm³/mol. The van der Waals surface area contributed by atoms with E-state index in [0.717, 1.165) is 6.20 Å². The average Bonchev–Trinajstić information content (AvgIpc) is 2.66. The third-order valence-corrected chi connectivity index (χ3v) is 4.40. The van der Waals surface area contributed by atoms with Crippen LogP contribution in [0.3, 0.4) is 0 Å². The van der Waals surface area contributed by atoms with E-state index < -0.39 is 51.7 Å². The number of carbonyl (C=O) groups excluding carboxylic acids is 1. The molecule has 1 aromatic heterocycles. The molecule has 0 aliphatic heterocycles. The second-order valence-electron chi connectivity index (χ2n) is 6.21. The summed E-state index contributed by atoms with van der Waals surface area (Å²) in [5.41, 5.74) is -0.666. The van der Waals surface area contributed by atoms with Crippen molar-refractivity contribution in [3.63, 3.8) is 0 Å². The quantitative estimate of drug-likeness (QED) is 0.363. The molecule has 1 aromatic carbocycles. The van der Waals surface area contributed by atoms with Crippen molar-refractivity contribution in [1.29, 1.82) is 0 Å². The van der Waals surface area contributed by atoms with Crippen LogP contribution in [-0.2, 0) is 4.74 Å². The van der Waals surface area contributed by atoms with Gasteiger partial charge in [-0.15, -0.1) is 0 Å². The molecule has 0 fully saturated rings. The summed E-state index contributed by atoms with van der Waals surface area (Å²) < 4.78 is 53.2. The lowest BCUT2D eigenvalue weighted by atomic mass is 10.00. The Labute approximate surface area is 160 Å². The molecule has 0 N–H and O–H groups in total. The van der Waals surface area contributed by atoms with Crippen LogP contribution in [0.2, 0.25) is 0 Å². The number of aromatic nitrogens is 1. The first-order valence-electron chi connectivity index (χ1n) is 9.01. The molecule has 0 saturated carbocycles. The zero-order chi connectivity index (χ0) is 21.0. The van der Waals surface area contributed by atoms with Gasteiger partial charge in [0.1, 0.15) is 0 Å². The largest absolute Gasteiger partial charge is 0.514 e. The first-order valence-corrected chi connectivity index (χ1v) is 9.01. The van der Waals surface area contributed by atoms with Gasteiger partial charge in [0.05, 0.1) is 29.7 Å². The van der Waals surface area contributed by atoms with Crippen molar-refractivity contribution in [1.82, 2.24) is 4.57 Å². The number of fused-ring (bicyclic) bond motifs is 1. The van der Waals surface area contributed by atoms with Gasteiger partial charge in [-0.3, -0.25) is 4.79 Å². The fraction of sp³-hybridized carbons (Fsp3) is 0.400. The van der Waals surface area contributed by atoms with Crippen LogP contribution in [0.25, 0.3) is 10.9 Å². The molecule has 2 rings (SSSR count). The minimum atomic E-state index is -1.68. The van der Waals surface area contributed by atoms with E-state index >= 15 is 0 Å². The Bertz CT molecular complexity index is 968. The van der Waals surface area contributed by atoms with Gasteiger partial charge in [0.25, 0.3) is 0 Å². The maximum absolute atomic E-state index is 14.6. The molecule has 0 amide bonds. The minimum Gasteiger partial charge on any atom is -0.434 e. The molecule has 1 heterocycles. The maximum Gasteiger partial charge on any atom is 0.514 e. The molecule has 0 aliphatic rings. The second kappa shape index (κ2) is 8.95. The Hall–Kier alpha value is -2.77. The third-order valence-electron chi connectivity index (χ3n) is 4.40. The van der Waals surface area contributed by atoms with Crippen LogP contribution in [0, 0.1) is 17.5 Å². The number of benzene rings is 1. The summed E-state index contributed by atoms with van der Waals surface area (Å²) in [5, 5.41) is -0.441. The zero-order valence-electron chi connectivity index (χ0n) is 16.0. The van der Waals surface area contributed by atoms with E-state index in [1.54, 1.807) is 6.92 Å². The van der Waals surface area contributed by atoms with Gasteiger partial charge in [-0.05, 0) is 25.8 Å². The van der Waals surface area contributed by atoms with E-state index in [1.165, 1.54) is 4.57 Å². The van der Waals surface area contributed by atoms with Gasteiger partial charge in [0.15, 0.2) is 23.2 Å². The molecular weight excluding hydrogens is 375 g/mol. The molecule has 0 radical (unpaired) electrons. The van der Waals surface area contributed by atoms with Crippen LogP contribution in [0.4, 0.5) is 18.0 Å². The molecule has 2 aromatic rings. The highest BCUT2D eigenvalue weighted by molar-refractivity contribution is 5.82. The molecule has 0 spiro atoms. The van der Waals surface area contributed by atoms with Crippen molar-refractivity contribution in [3.8, 4) is 5.75 Å². The highest BCUT2D eigenvalue weighted by atomic mass is 19.2. The van der Waals surface area contributed by atoms with Crippen molar-refractivity contribution in [2.75, 3.05) is 6.61 Å². The normalized spacial score (nSPS) is 12.1. The maximum atomic E-state index is 14.6. The SMILES string of the molecule is C=C(CC)C(CCC)n1cc(OC(=O)OCC)c(=O)c2cc(F)c(F)c(F)c21. The molecule has 1 unspecified atom stereocenters. The van der Waals surface area contributed by atoms with Crippen molar-refractivity contribution in [2.24, 2.45) is 0 Å². The third kappa shape index (κ3) is 4.05. The number of rotatable bonds is 7. The summed E-state index contributed by atoms with van der Waals surface area (Å²) in [6.45, 7) is 9.28. The zero-order valence-corrected chi connectivity index (χ0v) is 16.0. The Morgan fingerprint density at radius 1 is 1.21 bits per heavy atom. The number of hydrogen-bond donors (Lipinski definition) is 0. The summed E-state index contributed by atoms with van der Waals surface area (Å²) in [7, 11) is 0. The Morgan fingerprint density at radius 3 is 2.46 bits per heavy atom. The lowest BCUT2D eigenvalue weighted by molar-refractivity contribution is 0.103. The molecule has 8 heteroatoms. The fourth-order valence-electron chi connectivity index (χ4n) is 3.00. The van der Waals surface area contributed by atoms with Crippen molar-refractivity contribution >= 4 is 17.1 Å². The summed E-state index contributed by atoms with van der Waals surface area (Å²) in [4.78, 5) is 24.3. The second-order valence-corrected chi connectivity index (χ2v) is 6.21. The molecule has 28 heavy (non-hydrogen) atoms. The molecule has 152 valence electrons. The number of pyridine rings is 1. The number of carbonyl (C=O) groups is 1. The van der Waals surface area contributed by atoms with E-state index in [1.807, 2.05) is 13.8 Å². The number of ether oxygens (including phenoxy) is 2. The first kappa shape index (κ1) is 21.5. The summed E-state index contributed by atoms with van der Waals surface area (Å²) in [6.07, 6.45) is 1.70. The highest BCUT2D eigenvalue weighted by Crippen LogP contribution is 2.32. The van der Waals surface area contributed by atoms with Gasteiger partial charge in [-0.2, -0.15) is 0 Å². The monoisotopic (exact) mass is 397 g/mol. The molecule has 5 nitrogen and oxygen atoms in total.